The summed E-state index contributed by atoms with van der Waals surface area (Å²) in [5.41, 5.74) is 4.71. The number of sulfonamides is 1. The number of benzene rings is 1. The van der Waals surface area contributed by atoms with Gasteiger partial charge >= 0.3 is 0 Å². The number of rotatable bonds is 4. The molecule has 0 heterocycles. The molecule has 1 rings (SSSR count). The van der Waals surface area contributed by atoms with Crippen molar-refractivity contribution >= 4 is 25.8 Å². The van der Waals surface area contributed by atoms with Gasteiger partial charge in [-0.1, -0.05) is 12.1 Å². The topological polar surface area (TPSA) is 127 Å². The van der Waals surface area contributed by atoms with E-state index in [1.807, 2.05) is 4.72 Å². The van der Waals surface area contributed by atoms with E-state index >= 15 is 0 Å². The van der Waals surface area contributed by atoms with Crippen molar-refractivity contribution in [3.63, 3.8) is 0 Å². The molecular weight excluding hydrogens is 256 g/mol. The highest BCUT2D eigenvalue weighted by atomic mass is 32.2. The zero-order valence-electron chi connectivity index (χ0n) is 7.99. The Morgan fingerprint density at radius 3 is 2.25 bits per heavy atom. The van der Waals surface area contributed by atoms with Crippen LogP contribution in [0.3, 0.4) is 0 Å². The molecule has 0 saturated heterocycles. The summed E-state index contributed by atoms with van der Waals surface area (Å²) in [6.07, 6.45) is 0. The first-order chi connectivity index (χ1) is 7.26. The second-order valence-electron chi connectivity index (χ2n) is 2.85. The maximum absolute atomic E-state index is 11.1. The van der Waals surface area contributed by atoms with E-state index < -0.39 is 30.9 Å². The van der Waals surface area contributed by atoms with E-state index in [-0.39, 0.29) is 5.69 Å². The van der Waals surface area contributed by atoms with E-state index in [2.05, 4.69) is 0 Å². The Balaban J connectivity index is 3.26. The minimum atomic E-state index is -4.48. The quantitative estimate of drug-likeness (QED) is 0.636. The first-order valence-electron chi connectivity index (χ1n) is 4.03. The fourth-order valence-electron chi connectivity index (χ4n) is 0.985. The molecule has 1 aromatic carbocycles. The van der Waals surface area contributed by atoms with Gasteiger partial charge in [0.1, 0.15) is 10.8 Å². The van der Waals surface area contributed by atoms with E-state index in [9.17, 15) is 16.8 Å². The van der Waals surface area contributed by atoms with Crippen molar-refractivity contribution in [3.8, 4) is 0 Å². The summed E-state index contributed by atoms with van der Waals surface area (Å²) in [5.74, 6) is -0.688. The van der Waals surface area contributed by atoms with E-state index in [0.29, 0.717) is 0 Å². The molecule has 4 N–H and O–H groups in total. The molecule has 0 aromatic heterocycles. The van der Waals surface area contributed by atoms with E-state index in [0.717, 1.165) is 6.07 Å². The van der Waals surface area contributed by atoms with Crippen molar-refractivity contribution in [1.82, 2.24) is 0 Å². The molecule has 0 atom stereocenters. The van der Waals surface area contributed by atoms with Crippen LogP contribution in [0.4, 0.5) is 5.69 Å². The lowest BCUT2D eigenvalue weighted by atomic mass is 10.3. The first-order valence-corrected chi connectivity index (χ1v) is 7.12. The Labute approximate surface area is 93.1 Å². The van der Waals surface area contributed by atoms with Crippen LogP contribution in [0.5, 0.6) is 0 Å². The Hall–Kier alpha value is -1.16. The van der Waals surface area contributed by atoms with Gasteiger partial charge < -0.3 is 5.73 Å². The SMILES string of the molecule is NCS(=O)(=O)Nc1ccccc1S(=O)(=O)O. The van der Waals surface area contributed by atoms with Crippen LogP contribution in [-0.4, -0.2) is 27.3 Å². The van der Waals surface area contributed by atoms with Gasteiger partial charge in [-0.25, -0.2) is 8.42 Å². The second-order valence-corrected chi connectivity index (χ2v) is 6.01. The van der Waals surface area contributed by atoms with Gasteiger partial charge in [-0.15, -0.1) is 0 Å². The Kier molecular flexibility index (Phi) is 3.53. The number of hydrogen-bond donors (Lipinski definition) is 3. The summed E-state index contributed by atoms with van der Waals surface area (Å²) in [7, 11) is -8.28. The lowest BCUT2D eigenvalue weighted by Gasteiger charge is -2.08. The molecule has 9 heteroatoms. The predicted molar refractivity (Wildman–Crippen MR) is 57.9 cm³/mol. The van der Waals surface area contributed by atoms with Gasteiger partial charge in [0.25, 0.3) is 10.1 Å². The molecule has 0 radical (unpaired) electrons. The zero-order valence-corrected chi connectivity index (χ0v) is 9.62. The molecule has 0 bridgehead atoms. The molecule has 7 nitrogen and oxygen atoms in total. The second kappa shape index (κ2) is 4.37. The number of para-hydroxylation sites is 1. The molecule has 0 spiro atoms. The number of anilines is 1. The summed E-state index contributed by atoms with van der Waals surface area (Å²) in [6.45, 7) is 0. The summed E-state index contributed by atoms with van der Waals surface area (Å²) >= 11 is 0. The largest absolute Gasteiger partial charge is 0.316 e. The molecule has 0 unspecified atom stereocenters. The van der Waals surface area contributed by atoms with Gasteiger partial charge in [0.2, 0.25) is 10.0 Å². The normalized spacial score (nSPS) is 12.4. The van der Waals surface area contributed by atoms with E-state index in [1.165, 1.54) is 18.2 Å². The first kappa shape index (κ1) is 12.9. The van der Waals surface area contributed by atoms with Crippen LogP contribution in [0.2, 0.25) is 0 Å². The fourth-order valence-corrected chi connectivity index (χ4v) is 2.29. The zero-order chi connectivity index (χ0) is 12.4. The highest BCUT2D eigenvalue weighted by Gasteiger charge is 2.17. The van der Waals surface area contributed by atoms with Gasteiger partial charge in [0.05, 0.1) is 5.69 Å². The van der Waals surface area contributed by atoms with Crippen molar-refractivity contribution in [3.05, 3.63) is 24.3 Å². The Bertz CT molecular complexity index is 579. The molecule has 0 aliphatic carbocycles. The molecular formula is C7H10N2O5S2. The van der Waals surface area contributed by atoms with Gasteiger partial charge in [0, 0.05) is 0 Å². The molecule has 0 saturated carbocycles. The maximum Gasteiger partial charge on any atom is 0.296 e. The fraction of sp³-hybridized carbons (Fsp3) is 0.143. The van der Waals surface area contributed by atoms with Crippen LogP contribution < -0.4 is 10.5 Å². The molecule has 0 aliphatic heterocycles. The van der Waals surface area contributed by atoms with Crippen molar-refractivity contribution in [2.24, 2.45) is 5.73 Å². The third-order valence-electron chi connectivity index (χ3n) is 1.65. The Morgan fingerprint density at radius 2 is 1.75 bits per heavy atom. The van der Waals surface area contributed by atoms with Crippen molar-refractivity contribution < 1.29 is 21.4 Å². The smallest absolute Gasteiger partial charge is 0.296 e. The number of nitrogens with two attached hydrogens (primary N) is 1. The minimum Gasteiger partial charge on any atom is -0.316 e. The van der Waals surface area contributed by atoms with Gasteiger partial charge in [-0.3, -0.25) is 9.27 Å². The van der Waals surface area contributed by atoms with Crippen LogP contribution in [0.25, 0.3) is 0 Å². The van der Waals surface area contributed by atoms with Crippen LogP contribution in [0, 0.1) is 0 Å². The highest BCUT2D eigenvalue weighted by molar-refractivity contribution is 7.92. The lowest BCUT2D eigenvalue weighted by Crippen LogP contribution is -2.23. The molecule has 90 valence electrons. The molecule has 16 heavy (non-hydrogen) atoms. The third-order valence-corrected chi connectivity index (χ3v) is 3.53. The van der Waals surface area contributed by atoms with Crippen LogP contribution in [0.1, 0.15) is 0 Å². The van der Waals surface area contributed by atoms with E-state index in [4.69, 9.17) is 10.3 Å². The van der Waals surface area contributed by atoms with Crippen molar-refractivity contribution in [2.75, 3.05) is 10.6 Å². The Morgan fingerprint density at radius 1 is 1.19 bits per heavy atom. The minimum absolute atomic E-state index is 0.240. The molecule has 1 aromatic rings. The van der Waals surface area contributed by atoms with Crippen LogP contribution >= 0.6 is 0 Å². The van der Waals surface area contributed by atoms with Crippen LogP contribution in [-0.2, 0) is 20.1 Å². The number of hydrogen-bond acceptors (Lipinski definition) is 5. The molecule has 0 aliphatic rings. The van der Waals surface area contributed by atoms with Gasteiger partial charge in [-0.2, -0.15) is 8.42 Å². The lowest BCUT2D eigenvalue weighted by molar-refractivity contribution is 0.483. The molecule has 0 fully saturated rings. The maximum atomic E-state index is 11.1. The predicted octanol–water partition coefficient (Wildman–Crippen LogP) is -0.409. The summed E-state index contributed by atoms with van der Waals surface area (Å²) < 4.78 is 54.9. The summed E-state index contributed by atoms with van der Waals surface area (Å²) in [6, 6.07) is 5.05. The van der Waals surface area contributed by atoms with Crippen molar-refractivity contribution in [2.45, 2.75) is 4.90 Å². The van der Waals surface area contributed by atoms with E-state index in [1.54, 1.807) is 0 Å². The summed E-state index contributed by atoms with van der Waals surface area (Å²) in [4.78, 5) is -0.521. The average molecular weight is 266 g/mol. The monoisotopic (exact) mass is 266 g/mol. The summed E-state index contributed by atoms with van der Waals surface area (Å²) in [5, 5.41) is 0. The third kappa shape index (κ3) is 3.17. The molecule has 0 amide bonds. The number of nitrogens with one attached hydrogen (secondary N) is 1. The average Bonchev–Trinajstić information content (AvgIpc) is 2.16. The van der Waals surface area contributed by atoms with Crippen molar-refractivity contribution in [1.29, 1.82) is 0 Å². The van der Waals surface area contributed by atoms with Gasteiger partial charge in [-0.05, 0) is 12.1 Å². The van der Waals surface area contributed by atoms with Gasteiger partial charge in [0.15, 0.2) is 0 Å². The van der Waals surface area contributed by atoms with Crippen LogP contribution in [0.15, 0.2) is 29.2 Å². The standard InChI is InChI=1S/C7H10N2O5S2/c8-5-15(10,11)9-6-3-1-2-4-7(6)16(12,13)14/h1-4,9H,5,8H2,(H,12,13,14). The highest BCUT2D eigenvalue weighted by Crippen LogP contribution is 2.21.